The van der Waals surface area contributed by atoms with Gasteiger partial charge in [0.05, 0.1) is 0 Å². The molecule has 2 aromatic carbocycles. The number of fused-ring (bicyclic) bond motifs is 5. The zero-order chi connectivity index (χ0) is 37.4. The van der Waals surface area contributed by atoms with Gasteiger partial charge in [-0.3, -0.25) is 0 Å². The lowest BCUT2D eigenvalue weighted by Gasteiger charge is -2.59. The molecule has 0 spiro atoms. The van der Waals surface area contributed by atoms with E-state index in [2.05, 4.69) is 132 Å². The molecule has 52 heavy (non-hydrogen) atoms. The monoisotopic (exact) mass is 705 g/mol. The molecule has 0 nitrogen and oxygen atoms in total. The van der Waals surface area contributed by atoms with Crippen LogP contribution in [0.4, 0.5) is 0 Å². The van der Waals surface area contributed by atoms with Crippen molar-refractivity contribution in [3.63, 3.8) is 0 Å². The minimum atomic E-state index is 0.0998. The minimum absolute atomic E-state index is 0.0998. The highest BCUT2D eigenvalue weighted by atomic mass is 14.7. The Bertz CT molecular complexity index is 1410. The average Bonchev–Trinajstić information content (AvgIpc) is 3.74. The number of rotatable bonds is 4. The number of aryl methyl sites for hydroxylation is 2. The normalized spacial score (nSPS) is 37.1. The third kappa shape index (κ3) is 6.31. The molecule has 0 bridgehead atoms. The SMILES string of the molecule is CCC.Cc1ccc(C(c2ccc(C)cc2)(C2CCCC2)C2C3CC4C(CC3C3CC5C(CC32)C(C)(C)CCC5(C)C)C(C)(C)CCC4(C)C)cc1. The third-order valence-corrected chi connectivity index (χ3v) is 18.1. The Hall–Kier alpha value is -1.56. The van der Waals surface area contributed by atoms with Crippen LogP contribution in [0.2, 0.25) is 0 Å². The predicted octanol–water partition coefficient (Wildman–Crippen LogP) is 15.0. The maximum Gasteiger partial charge on any atom is 0.0264 e. The summed E-state index contributed by atoms with van der Waals surface area (Å²) >= 11 is 0. The molecule has 8 atom stereocenters. The van der Waals surface area contributed by atoms with Crippen LogP contribution in [0, 0.1) is 94.7 Å². The first kappa shape index (κ1) is 38.7. The van der Waals surface area contributed by atoms with Crippen LogP contribution in [0.15, 0.2) is 48.5 Å². The second kappa shape index (κ2) is 13.9. The minimum Gasteiger partial charge on any atom is -0.0656 e. The molecule has 0 heterocycles. The first-order valence-electron chi connectivity index (χ1n) is 22.6. The molecule has 2 aromatic rings. The molecule has 0 heteroatoms. The van der Waals surface area contributed by atoms with Crippen LogP contribution >= 0.6 is 0 Å². The molecule has 0 aliphatic heterocycles. The maximum atomic E-state index is 2.68. The summed E-state index contributed by atoms with van der Waals surface area (Å²) in [5, 5.41) is 0. The smallest absolute Gasteiger partial charge is 0.0264 e. The van der Waals surface area contributed by atoms with Crippen molar-refractivity contribution < 1.29 is 0 Å². The molecule has 6 fully saturated rings. The van der Waals surface area contributed by atoms with Gasteiger partial charge in [0.25, 0.3) is 0 Å². The largest absolute Gasteiger partial charge is 0.0656 e. The summed E-state index contributed by atoms with van der Waals surface area (Å²) in [7, 11) is 0. The van der Waals surface area contributed by atoms with Crippen molar-refractivity contribution in [1.29, 1.82) is 0 Å². The van der Waals surface area contributed by atoms with E-state index in [9.17, 15) is 0 Å². The summed E-state index contributed by atoms with van der Waals surface area (Å²) in [6.07, 6.45) is 18.5. The second-order valence-corrected chi connectivity index (χ2v) is 22.8. The molecule has 8 unspecified atom stereocenters. The summed E-state index contributed by atoms with van der Waals surface area (Å²) < 4.78 is 0. The maximum absolute atomic E-state index is 2.68. The number of hydrogen-bond acceptors (Lipinski definition) is 0. The molecule has 6 saturated carbocycles. The van der Waals surface area contributed by atoms with Crippen molar-refractivity contribution >= 4 is 0 Å². The predicted molar refractivity (Wildman–Crippen MR) is 225 cm³/mol. The first-order chi connectivity index (χ1) is 24.5. The van der Waals surface area contributed by atoms with Crippen molar-refractivity contribution in [1.82, 2.24) is 0 Å². The highest BCUT2D eigenvalue weighted by Gasteiger charge is 2.68. The Morgan fingerprint density at radius 2 is 0.769 bits per heavy atom. The quantitative estimate of drug-likeness (QED) is 0.297. The van der Waals surface area contributed by atoms with Gasteiger partial charge in [-0.15, -0.1) is 0 Å². The second-order valence-electron chi connectivity index (χ2n) is 22.8. The average molecular weight is 705 g/mol. The van der Waals surface area contributed by atoms with Crippen LogP contribution in [0.3, 0.4) is 0 Å². The summed E-state index contributed by atoms with van der Waals surface area (Å²) in [5.74, 6) is 8.39. The first-order valence-corrected chi connectivity index (χ1v) is 22.6. The van der Waals surface area contributed by atoms with Crippen LogP contribution in [0.25, 0.3) is 0 Å². The molecule has 288 valence electrons. The van der Waals surface area contributed by atoms with Gasteiger partial charge in [-0.1, -0.05) is 148 Å². The van der Waals surface area contributed by atoms with Crippen LogP contribution in [0.1, 0.15) is 175 Å². The van der Waals surface area contributed by atoms with E-state index in [1.165, 1.54) is 94.6 Å². The van der Waals surface area contributed by atoms with E-state index in [0.29, 0.717) is 21.7 Å². The molecule has 6 aliphatic carbocycles. The molecule has 0 aromatic heterocycles. The molecular formula is C52H80. The van der Waals surface area contributed by atoms with Gasteiger partial charge in [-0.2, -0.15) is 0 Å². The molecule has 0 amide bonds. The van der Waals surface area contributed by atoms with Gasteiger partial charge in [-0.25, -0.2) is 0 Å². The van der Waals surface area contributed by atoms with E-state index >= 15 is 0 Å². The van der Waals surface area contributed by atoms with E-state index in [0.717, 1.165) is 59.2 Å². The van der Waals surface area contributed by atoms with E-state index in [1.807, 2.05) is 0 Å². The van der Waals surface area contributed by atoms with Crippen LogP contribution < -0.4 is 0 Å². The Morgan fingerprint density at radius 1 is 0.481 bits per heavy atom. The van der Waals surface area contributed by atoms with Gasteiger partial charge in [-0.05, 0) is 170 Å². The van der Waals surface area contributed by atoms with Crippen molar-refractivity contribution in [3.05, 3.63) is 70.8 Å². The van der Waals surface area contributed by atoms with E-state index in [4.69, 9.17) is 0 Å². The van der Waals surface area contributed by atoms with Gasteiger partial charge in [0.2, 0.25) is 0 Å². The standard InChI is InChI=1S/C49H72.C3H8/c1-31-15-19-34(20-16-31)49(33-13-11-12-14-33,35-21-17-32(2)18-22-35)44-38-29-42-40(45(3,4)23-25-47(42,7)8)27-36(38)37-28-41-43(30-39(37)44)48(9,10)26-24-46(41,5)6;1-3-2/h15-22,33,36-44H,11-14,23-30H2,1-10H3;3H2,1-2H3. The van der Waals surface area contributed by atoms with E-state index < -0.39 is 0 Å². The molecule has 0 radical (unpaired) electrons. The molecular weight excluding hydrogens is 625 g/mol. The Kier molecular flexibility index (Phi) is 10.3. The van der Waals surface area contributed by atoms with Gasteiger partial charge < -0.3 is 0 Å². The lowest BCUT2D eigenvalue weighted by atomic mass is 9.45. The Morgan fingerprint density at radius 3 is 1.08 bits per heavy atom. The Balaban J connectivity index is 0.00000136. The van der Waals surface area contributed by atoms with Crippen molar-refractivity contribution in [2.75, 3.05) is 0 Å². The lowest BCUT2D eigenvalue weighted by Crippen LogP contribution is -2.53. The van der Waals surface area contributed by atoms with E-state index in [1.54, 1.807) is 11.1 Å². The summed E-state index contributed by atoms with van der Waals surface area (Å²) in [6.45, 7) is 30.3. The molecule has 0 N–H and O–H groups in total. The van der Waals surface area contributed by atoms with Gasteiger partial charge in [0.1, 0.15) is 0 Å². The fraction of sp³-hybridized carbons (Fsp3) is 0.769. The van der Waals surface area contributed by atoms with Crippen LogP contribution in [-0.2, 0) is 5.41 Å². The highest BCUT2D eigenvalue weighted by Crippen LogP contribution is 2.74. The number of hydrogen-bond donors (Lipinski definition) is 0. The Labute approximate surface area is 322 Å². The lowest BCUT2D eigenvalue weighted by molar-refractivity contribution is -0.0969. The van der Waals surface area contributed by atoms with Crippen LogP contribution in [-0.4, -0.2) is 0 Å². The molecule has 6 aliphatic rings. The van der Waals surface area contributed by atoms with Crippen molar-refractivity contribution in [2.24, 2.45) is 80.8 Å². The summed E-state index contributed by atoms with van der Waals surface area (Å²) in [4.78, 5) is 0. The van der Waals surface area contributed by atoms with Gasteiger partial charge >= 0.3 is 0 Å². The zero-order valence-electron chi connectivity index (χ0n) is 36.1. The number of benzene rings is 2. The molecule has 8 rings (SSSR count). The topological polar surface area (TPSA) is 0 Å². The highest BCUT2D eigenvalue weighted by molar-refractivity contribution is 5.45. The third-order valence-electron chi connectivity index (χ3n) is 18.1. The van der Waals surface area contributed by atoms with Crippen LogP contribution in [0.5, 0.6) is 0 Å². The molecule has 0 saturated heterocycles. The van der Waals surface area contributed by atoms with Gasteiger partial charge in [0.15, 0.2) is 0 Å². The fourth-order valence-electron chi connectivity index (χ4n) is 15.2. The summed E-state index contributed by atoms with van der Waals surface area (Å²) in [6, 6.07) is 20.4. The van der Waals surface area contributed by atoms with Gasteiger partial charge in [0, 0.05) is 5.41 Å². The summed E-state index contributed by atoms with van der Waals surface area (Å²) in [5.41, 5.74) is 8.11. The van der Waals surface area contributed by atoms with Crippen molar-refractivity contribution in [3.8, 4) is 0 Å². The van der Waals surface area contributed by atoms with Crippen molar-refractivity contribution in [2.45, 2.75) is 172 Å². The fourth-order valence-corrected chi connectivity index (χ4v) is 15.2. The van der Waals surface area contributed by atoms with E-state index in [-0.39, 0.29) is 5.41 Å². The zero-order valence-corrected chi connectivity index (χ0v) is 36.1.